The Morgan fingerprint density at radius 3 is 2.53 bits per heavy atom. The lowest BCUT2D eigenvalue weighted by molar-refractivity contribution is -0.145. The average Bonchev–Trinajstić information content (AvgIpc) is 2.24. The van der Waals surface area contributed by atoms with Gasteiger partial charge in [0.1, 0.15) is 0 Å². The SMILES string of the molecule is CCC(CCN)N(C)CC(C)C(=O)OC. The quantitative estimate of drug-likeness (QED) is 0.641. The van der Waals surface area contributed by atoms with E-state index < -0.39 is 0 Å². The van der Waals surface area contributed by atoms with Crippen molar-refractivity contribution >= 4 is 5.97 Å². The van der Waals surface area contributed by atoms with Crippen molar-refractivity contribution in [2.45, 2.75) is 32.7 Å². The molecule has 0 aliphatic rings. The van der Waals surface area contributed by atoms with Crippen molar-refractivity contribution in [2.24, 2.45) is 11.7 Å². The molecule has 0 aromatic carbocycles. The molecule has 0 saturated carbocycles. The monoisotopic (exact) mass is 216 g/mol. The second kappa shape index (κ2) is 7.65. The first-order chi connectivity index (χ1) is 7.06. The normalized spacial score (nSPS) is 15.1. The van der Waals surface area contributed by atoms with Crippen LogP contribution in [0.25, 0.3) is 0 Å². The van der Waals surface area contributed by atoms with Crippen molar-refractivity contribution in [1.82, 2.24) is 4.90 Å². The number of nitrogens with zero attached hydrogens (tertiary/aromatic N) is 1. The van der Waals surface area contributed by atoms with E-state index in [1.165, 1.54) is 7.11 Å². The summed E-state index contributed by atoms with van der Waals surface area (Å²) in [5.41, 5.74) is 5.54. The van der Waals surface area contributed by atoms with Crippen LogP contribution >= 0.6 is 0 Å². The fourth-order valence-electron chi connectivity index (χ4n) is 1.79. The number of hydrogen-bond acceptors (Lipinski definition) is 4. The van der Waals surface area contributed by atoms with Crippen LogP contribution in [0.1, 0.15) is 26.7 Å². The van der Waals surface area contributed by atoms with Gasteiger partial charge in [-0.1, -0.05) is 13.8 Å². The van der Waals surface area contributed by atoms with Crippen LogP contribution in [0.5, 0.6) is 0 Å². The number of methoxy groups -OCH3 is 1. The topological polar surface area (TPSA) is 55.6 Å². The molecule has 2 N–H and O–H groups in total. The van der Waals surface area contributed by atoms with E-state index >= 15 is 0 Å². The highest BCUT2D eigenvalue weighted by molar-refractivity contribution is 5.72. The second-order valence-corrected chi connectivity index (χ2v) is 4.00. The molecule has 15 heavy (non-hydrogen) atoms. The molecule has 0 aliphatic carbocycles. The van der Waals surface area contributed by atoms with Crippen LogP contribution in [-0.2, 0) is 9.53 Å². The van der Waals surface area contributed by atoms with Gasteiger partial charge in [0, 0.05) is 12.6 Å². The van der Waals surface area contributed by atoms with Crippen LogP contribution in [0.2, 0.25) is 0 Å². The zero-order valence-electron chi connectivity index (χ0n) is 10.3. The zero-order valence-corrected chi connectivity index (χ0v) is 10.3. The van der Waals surface area contributed by atoms with Gasteiger partial charge in [-0.3, -0.25) is 4.79 Å². The second-order valence-electron chi connectivity index (χ2n) is 4.00. The van der Waals surface area contributed by atoms with Crippen molar-refractivity contribution in [3.8, 4) is 0 Å². The summed E-state index contributed by atoms with van der Waals surface area (Å²) in [4.78, 5) is 13.4. The zero-order chi connectivity index (χ0) is 11.8. The minimum Gasteiger partial charge on any atom is -0.469 e. The number of ether oxygens (including phenoxy) is 1. The largest absolute Gasteiger partial charge is 0.469 e. The third-order valence-electron chi connectivity index (χ3n) is 2.76. The van der Waals surface area contributed by atoms with Crippen LogP contribution in [0.15, 0.2) is 0 Å². The summed E-state index contributed by atoms with van der Waals surface area (Å²) in [7, 11) is 3.46. The average molecular weight is 216 g/mol. The van der Waals surface area contributed by atoms with Crippen LogP contribution in [0.3, 0.4) is 0 Å². The first-order valence-corrected chi connectivity index (χ1v) is 5.54. The van der Waals surface area contributed by atoms with Crippen molar-refractivity contribution in [3.05, 3.63) is 0 Å². The number of hydrogen-bond donors (Lipinski definition) is 1. The predicted octanol–water partition coefficient (Wildman–Crippen LogP) is 0.855. The van der Waals surface area contributed by atoms with E-state index in [4.69, 9.17) is 10.5 Å². The van der Waals surface area contributed by atoms with Gasteiger partial charge < -0.3 is 15.4 Å². The summed E-state index contributed by atoms with van der Waals surface area (Å²) in [5, 5.41) is 0. The molecular weight excluding hydrogens is 192 g/mol. The van der Waals surface area contributed by atoms with E-state index in [-0.39, 0.29) is 11.9 Å². The Balaban J connectivity index is 4.08. The molecule has 2 atom stereocenters. The summed E-state index contributed by atoms with van der Waals surface area (Å²) < 4.78 is 4.70. The Morgan fingerprint density at radius 1 is 1.53 bits per heavy atom. The van der Waals surface area contributed by atoms with Crippen LogP contribution in [0.4, 0.5) is 0 Å². The molecule has 4 heteroatoms. The maximum atomic E-state index is 11.2. The highest BCUT2D eigenvalue weighted by atomic mass is 16.5. The third-order valence-corrected chi connectivity index (χ3v) is 2.76. The molecule has 4 nitrogen and oxygen atoms in total. The van der Waals surface area contributed by atoms with Gasteiger partial charge in [-0.05, 0) is 26.4 Å². The van der Waals surface area contributed by atoms with E-state index in [0.29, 0.717) is 12.6 Å². The molecule has 0 aliphatic heterocycles. The first-order valence-electron chi connectivity index (χ1n) is 5.54. The van der Waals surface area contributed by atoms with E-state index in [0.717, 1.165) is 19.4 Å². The van der Waals surface area contributed by atoms with E-state index in [1.54, 1.807) is 0 Å². The number of carbonyl (C=O) groups is 1. The smallest absolute Gasteiger partial charge is 0.309 e. The van der Waals surface area contributed by atoms with Crippen molar-refractivity contribution in [2.75, 3.05) is 27.2 Å². The standard InChI is InChI=1S/C11H24N2O2/c1-5-10(6-7-12)13(3)8-9(2)11(14)15-4/h9-10H,5-8,12H2,1-4H3. The molecular formula is C11H24N2O2. The van der Waals surface area contributed by atoms with Crippen molar-refractivity contribution in [1.29, 1.82) is 0 Å². The Hall–Kier alpha value is -0.610. The molecule has 0 fully saturated rings. The van der Waals surface area contributed by atoms with E-state index in [9.17, 15) is 4.79 Å². The van der Waals surface area contributed by atoms with Gasteiger partial charge in [0.05, 0.1) is 13.0 Å². The first kappa shape index (κ1) is 14.4. The fraction of sp³-hybridized carbons (Fsp3) is 0.909. The summed E-state index contributed by atoms with van der Waals surface area (Å²) in [6.45, 7) is 5.44. The minimum atomic E-state index is -0.149. The van der Waals surface area contributed by atoms with E-state index in [1.807, 2.05) is 14.0 Å². The molecule has 0 radical (unpaired) electrons. The highest BCUT2D eigenvalue weighted by Gasteiger charge is 2.19. The molecule has 90 valence electrons. The van der Waals surface area contributed by atoms with Crippen LogP contribution in [0, 0.1) is 5.92 Å². The van der Waals surface area contributed by atoms with Gasteiger partial charge in [0.25, 0.3) is 0 Å². The fourth-order valence-corrected chi connectivity index (χ4v) is 1.79. The summed E-state index contributed by atoms with van der Waals surface area (Å²) in [5.74, 6) is -0.226. The molecule has 2 unspecified atom stereocenters. The minimum absolute atomic E-state index is 0.0770. The molecule has 0 spiro atoms. The van der Waals surface area contributed by atoms with Gasteiger partial charge in [0.2, 0.25) is 0 Å². The lowest BCUT2D eigenvalue weighted by Gasteiger charge is -2.28. The predicted molar refractivity (Wildman–Crippen MR) is 61.6 cm³/mol. The summed E-state index contributed by atoms with van der Waals surface area (Å²) in [6, 6.07) is 0.460. The van der Waals surface area contributed by atoms with Gasteiger partial charge >= 0.3 is 5.97 Å². The highest BCUT2D eigenvalue weighted by Crippen LogP contribution is 2.09. The molecule has 0 saturated heterocycles. The Bertz CT molecular complexity index is 185. The number of carbonyl (C=O) groups excluding carboxylic acids is 1. The number of rotatable bonds is 7. The number of nitrogens with two attached hydrogens (primary N) is 1. The Labute approximate surface area is 92.8 Å². The van der Waals surface area contributed by atoms with Crippen molar-refractivity contribution in [3.63, 3.8) is 0 Å². The molecule has 0 bridgehead atoms. The molecule has 0 rings (SSSR count). The number of esters is 1. The molecule has 0 aromatic heterocycles. The molecule has 0 heterocycles. The summed E-state index contributed by atoms with van der Waals surface area (Å²) >= 11 is 0. The van der Waals surface area contributed by atoms with Crippen molar-refractivity contribution < 1.29 is 9.53 Å². The van der Waals surface area contributed by atoms with Crippen LogP contribution < -0.4 is 5.73 Å². The van der Waals surface area contributed by atoms with Gasteiger partial charge in [0.15, 0.2) is 0 Å². The Kier molecular flexibility index (Phi) is 7.34. The van der Waals surface area contributed by atoms with Gasteiger partial charge in [-0.15, -0.1) is 0 Å². The third kappa shape index (κ3) is 5.14. The lowest BCUT2D eigenvalue weighted by Crippen LogP contribution is -2.38. The Morgan fingerprint density at radius 2 is 2.13 bits per heavy atom. The maximum Gasteiger partial charge on any atom is 0.309 e. The van der Waals surface area contributed by atoms with Crippen LogP contribution in [-0.4, -0.2) is 44.2 Å². The van der Waals surface area contributed by atoms with Gasteiger partial charge in [-0.25, -0.2) is 0 Å². The molecule has 0 aromatic rings. The summed E-state index contributed by atoms with van der Waals surface area (Å²) in [6.07, 6.45) is 2.03. The molecule has 0 amide bonds. The lowest BCUT2D eigenvalue weighted by atomic mass is 10.1. The van der Waals surface area contributed by atoms with E-state index in [2.05, 4.69) is 11.8 Å². The maximum absolute atomic E-state index is 11.2. The van der Waals surface area contributed by atoms with Gasteiger partial charge in [-0.2, -0.15) is 0 Å².